The van der Waals surface area contributed by atoms with Crippen molar-refractivity contribution in [2.75, 3.05) is 30.7 Å². The molecule has 0 unspecified atom stereocenters. The fourth-order valence-electron chi connectivity index (χ4n) is 1.62. The van der Waals surface area contributed by atoms with Crippen LogP contribution in [0.15, 0.2) is 18.2 Å². The molecule has 6 heteroatoms. The number of nitrogen functional groups attached to an aromatic ring is 1. The maximum Gasteiger partial charge on any atom is 0.238 e. The molecule has 0 aliphatic heterocycles. The molecule has 0 spiro atoms. The highest BCUT2D eigenvalue weighted by atomic mass is 16.2. The Bertz CT molecular complexity index is 474. The molecule has 1 aromatic carbocycles. The highest BCUT2D eigenvalue weighted by molar-refractivity contribution is 5.93. The van der Waals surface area contributed by atoms with Crippen LogP contribution in [0.5, 0.6) is 0 Å². The maximum atomic E-state index is 11.8. The number of nitrogens with one attached hydrogen (secondary N) is 1. The number of amides is 2. The lowest BCUT2D eigenvalue weighted by Crippen LogP contribution is -2.39. The van der Waals surface area contributed by atoms with Crippen LogP contribution in [-0.4, -0.2) is 36.3 Å². The molecule has 6 nitrogen and oxygen atoms in total. The van der Waals surface area contributed by atoms with Gasteiger partial charge in [-0.15, -0.1) is 0 Å². The smallest absolute Gasteiger partial charge is 0.238 e. The van der Waals surface area contributed by atoms with Gasteiger partial charge in [-0.05, 0) is 31.2 Å². The molecule has 0 aliphatic carbocycles. The quantitative estimate of drug-likeness (QED) is 0.644. The normalized spacial score (nSPS) is 10.5. The summed E-state index contributed by atoms with van der Waals surface area (Å²) >= 11 is 0. The Hall–Kier alpha value is -2.08. The van der Waals surface area contributed by atoms with Gasteiger partial charge in [-0.2, -0.15) is 0 Å². The Labute approximate surface area is 112 Å². The molecule has 19 heavy (non-hydrogen) atoms. The monoisotopic (exact) mass is 264 g/mol. The summed E-state index contributed by atoms with van der Waals surface area (Å²) in [5, 5.41) is 2.74. The molecule has 0 radical (unpaired) electrons. The lowest BCUT2D eigenvalue weighted by molar-refractivity contribution is -0.121. The molecule has 0 saturated carbocycles. The molecule has 104 valence electrons. The summed E-state index contributed by atoms with van der Waals surface area (Å²) in [6.45, 7) is 4.52. The van der Waals surface area contributed by atoms with E-state index in [1.165, 1.54) is 0 Å². The summed E-state index contributed by atoms with van der Waals surface area (Å²) in [7, 11) is 0. The third kappa shape index (κ3) is 4.97. The lowest BCUT2D eigenvalue weighted by atomic mass is 10.2. The number of hydrogen-bond donors (Lipinski definition) is 3. The van der Waals surface area contributed by atoms with E-state index in [-0.39, 0.29) is 19.0 Å². The second kappa shape index (κ2) is 6.75. The molecule has 1 aromatic rings. The number of nitrogens with zero attached hydrogens (tertiary/aromatic N) is 1. The summed E-state index contributed by atoms with van der Waals surface area (Å²) in [5.41, 5.74) is 13.1. The van der Waals surface area contributed by atoms with Crippen LogP contribution in [0, 0.1) is 6.92 Å². The molecule has 0 saturated heterocycles. The van der Waals surface area contributed by atoms with Crippen LogP contribution >= 0.6 is 0 Å². The van der Waals surface area contributed by atoms with Crippen LogP contribution in [0.3, 0.4) is 0 Å². The van der Waals surface area contributed by atoms with Gasteiger partial charge in [0.05, 0.1) is 13.1 Å². The van der Waals surface area contributed by atoms with Gasteiger partial charge < -0.3 is 16.8 Å². The maximum absolute atomic E-state index is 11.8. The van der Waals surface area contributed by atoms with E-state index in [0.29, 0.717) is 17.9 Å². The van der Waals surface area contributed by atoms with Crippen LogP contribution in [0.25, 0.3) is 0 Å². The Morgan fingerprint density at radius 3 is 2.53 bits per heavy atom. The molecule has 0 heterocycles. The van der Waals surface area contributed by atoms with E-state index in [0.717, 1.165) is 5.56 Å². The van der Waals surface area contributed by atoms with Crippen molar-refractivity contribution in [2.24, 2.45) is 5.73 Å². The number of rotatable bonds is 6. The molecule has 0 aromatic heterocycles. The number of carbonyl (C=O) groups is 2. The van der Waals surface area contributed by atoms with Gasteiger partial charge in [0.15, 0.2) is 0 Å². The van der Waals surface area contributed by atoms with Crippen LogP contribution in [0.4, 0.5) is 11.4 Å². The largest absolute Gasteiger partial charge is 0.398 e. The Balaban J connectivity index is 2.58. The summed E-state index contributed by atoms with van der Waals surface area (Å²) in [6, 6.07) is 5.33. The Kier molecular flexibility index (Phi) is 5.32. The minimum absolute atomic E-state index is 0.0694. The number of aryl methyl sites for hydroxylation is 1. The van der Waals surface area contributed by atoms with E-state index in [4.69, 9.17) is 11.5 Å². The number of likely N-dealkylation sites (N-methyl/N-ethyl adjacent to an activating group) is 1. The first-order valence-corrected chi connectivity index (χ1v) is 6.09. The average Bonchev–Trinajstić information content (AvgIpc) is 2.32. The van der Waals surface area contributed by atoms with Crippen molar-refractivity contribution >= 4 is 23.2 Å². The fraction of sp³-hybridized carbons (Fsp3) is 0.385. The number of hydrogen-bond acceptors (Lipinski definition) is 4. The predicted molar refractivity (Wildman–Crippen MR) is 75.5 cm³/mol. The van der Waals surface area contributed by atoms with Crippen molar-refractivity contribution in [3.63, 3.8) is 0 Å². The van der Waals surface area contributed by atoms with E-state index in [1.807, 2.05) is 19.9 Å². The number of benzene rings is 1. The van der Waals surface area contributed by atoms with Crippen molar-refractivity contribution in [3.8, 4) is 0 Å². The van der Waals surface area contributed by atoms with E-state index in [9.17, 15) is 9.59 Å². The van der Waals surface area contributed by atoms with Crippen LogP contribution in [0.1, 0.15) is 12.5 Å². The van der Waals surface area contributed by atoms with Gasteiger partial charge in [0, 0.05) is 11.4 Å². The standard InChI is InChI=1S/C13H20N4O2/c1-3-17(7-12(15)18)8-13(19)16-10-5-4-9(2)11(14)6-10/h4-6H,3,7-8,14H2,1-2H3,(H2,15,18)(H,16,19). The summed E-state index contributed by atoms with van der Waals surface area (Å²) in [6.07, 6.45) is 0. The number of primary amides is 1. The van der Waals surface area contributed by atoms with Crippen molar-refractivity contribution in [1.82, 2.24) is 4.90 Å². The minimum Gasteiger partial charge on any atom is -0.398 e. The number of carbonyl (C=O) groups excluding carboxylic acids is 2. The van der Waals surface area contributed by atoms with Crippen molar-refractivity contribution < 1.29 is 9.59 Å². The molecular formula is C13H20N4O2. The third-order valence-electron chi connectivity index (χ3n) is 2.76. The van der Waals surface area contributed by atoms with E-state index < -0.39 is 5.91 Å². The average molecular weight is 264 g/mol. The summed E-state index contributed by atoms with van der Waals surface area (Å²) in [5.74, 6) is -0.652. The second-order valence-electron chi connectivity index (χ2n) is 4.39. The van der Waals surface area contributed by atoms with Gasteiger partial charge in [0.1, 0.15) is 0 Å². The highest BCUT2D eigenvalue weighted by Crippen LogP contribution is 2.16. The zero-order valence-corrected chi connectivity index (χ0v) is 11.3. The highest BCUT2D eigenvalue weighted by Gasteiger charge is 2.11. The van der Waals surface area contributed by atoms with Gasteiger partial charge in [-0.3, -0.25) is 14.5 Å². The Morgan fingerprint density at radius 2 is 2.00 bits per heavy atom. The first-order chi connectivity index (χ1) is 8.92. The van der Waals surface area contributed by atoms with E-state index >= 15 is 0 Å². The topological polar surface area (TPSA) is 101 Å². The number of nitrogens with two attached hydrogens (primary N) is 2. The van der Waals surface area contributed by atoms with Crippen molar-refractivity contribution in [3.05, 3.63) is 23.8 Å². The van der Waals surface area contributed by atoms with Crippen molar-refractivity contribution in [2.45, 2.75) is 13.8 Å². The molecular weight excluding hydrogens is 244 g/mol. The van der Waals surface area contributed by atoms with Gasteiger partial charge >= 0.3 is 0 Å². The molecule has 0 fully saturated rings. The first kappa shape index (κ1) is 15.0. The zero-order chi connectivity index (χ0) is 14.4. The summed E-state index contributed by atoms with van der Waals surface area (Å²) in [4.78, 5) is 24.3. The van der Waals surface area contributed by atoms with Crippen LogP contribution < -0.4 is 16.8 Å². The van der Waals surface area contributed by atoms with E-state index in [1.54, 1.807) is 17.0 Å². The predicted octanol–water partition coefficient (Wildman–Crippen LogP) is 0.323. The van der Waals surface area contributed by atoms with Gasteiger partial charge in [0.25, 0.3) is 0 Å². The second-order valence-corrected chi connectivity index (χ2v) is 4.39. The molecule has 2 amide bonds. The fourth-order valence-corrected chi connectivity index (χ4v) is 1.62. The van der Waals surface area contributed by atoms with Gasteiger partial charge in [0.2, 0.25) is 11.8 Å². The molecule has 5 N–H and O–H groups in total. The van der Waals surface area contributed by atoms with Crippen LogP contribution in [0.2, 0.25) is 0 Å². The molecule has 0 bridgehead atoms. The Morgan fingerprint density at radius 1 is 1.32 bits per heavy atom. The minimum atomic E-state index is -0.450. The molecule has 0 aliphatic rings. The number of anilines is 2. The van der Waals surface area contributed by atoms with Crippen molar-refractivity contribution in [1.29, 1.82) is 0 Å². The molecule has 0 atom stereocenters. The van der Waals surface area contributed by atoms with E-state index in [2.05, 4.69) is 5.32 Å². The van der Waals surface area contributed by atoms with Gasteiger partial charge in [-0.25, -0.2) is 0 Å². The zero-order valence-electron chi connectivity index (χ0n) is 11.3. The molecule has 1 rings (SSSR count). The lowest BCUT2D eigenvalue weighted by Gasteiger charge is -2.18. The van der Waals surface area contributed by atoms with Crippen LogP contribution in [-0.2, 0) is 9.59 Å². The third-order valence-corrected chi connectivity index (χ3v) is 2.76. The first-order valence-electron chi connectivity index (χ1n) is 6.09. The van der Waals surface area contributed by atoms with Gasteiger partial charge in [-0.1, -0.05) is 13.0 Å². The SMILES string of the molecule is CCN(CC(N)=O)CC(=O)Nc1ccc(C)c(N)c1. The summed E-state index contributed by atoms with van der Waals surface area (Å²) < 4.78 is 0.